The van der Waals surface area contributed by atoms with Gasteiger partial charge in [-0.15, -0.1) is 0 Å². The van der Waals surface area contributed by atoms with E-state index in [1.807, 2.05) is 0 Å². The summed E-state index contributed by atoms with van der Waals surface area (Å²) in [6.45, 7) is 0. The largest absolute Gasteiger partial charge is 0.469 e. The molecule has 0 atom stereocenters. The third-order valence-electron chi connectivity index (χ3n) is 1.55. The maximum absolute atomic E-state index is 10.7. The van der Waals surface area contributed by atoms with Crippen molar-refractivity contribution in [1.29, 1.82) is 0 Å². The van der Waals surface area contributed by atoms with Crippen LogP contribution >= 0.6 is 10.8 Å². The highest BCUT2D eigenvalue weighted by atomic mass is 33.1. The summed E-state index contributed by atoms with van der Waals surface area (Å²) >= 11 is 0. The van der Waals surface area contributed by atoms with Gasteiger partial charge in [-0.25, -0.2) is 8.42 Å². The summed E-state index contributed by atoms with van der Waals surface area (Å²) in [7, 11) is -0.590. The van der Waals surface area contributed by atoms with E-state index in [-0.39, 0.29) is 5.97 Å². The number of ether oxygens (including phenoxy) is 1. The van der Waals surface area contributed by atoms with Gasteiger partial charge in [-0.3, -0.25) is 4.79 Å². The lowest BCUT2D eigenvalue weighted by Gasteiger charge is -1.99. The lowest BCUT2D eigenvalue weighted by molar-refractivity contribution is -0.140. The van der Waals surface area contributed by atoms with Crippen LogP contribution in [-0.2, 0) is 18.4 Å². The molecule has 84 valence electrons. The van der Waals surface area contributed by atoms with Crippen LogP contribution in [0.2, 0.25) is 0 Å². The lowest BCUT2D eigenvalue weighted by atomic mass is 10.2. The van der Waals surface area contributed by atoms with Crippen LogP contribution in [0.1, 0.15) is 25.7 Å². The number of hydrogen-bond acceptors (Lipinski definition) is 5. The van der Waals surface area contributed by atoms with Crippen LogP contribution in [0.3, 0.4) is 0 Å². The molecule has 0 saturated heterocycles. The zero-order valence-electron chi connectivity index (χ0n) is 8.49. The molecular weight excluding hydrogens is 224 g/mol. The third-order valence-corrected chi connectivity index (χ3v) is 4.22. The number of esters is 1. The first-order valence-corrected chi connectivity index (χ1v) is 7.76. The van der Waals surface area contributed by atoms with Crippen LogP contribution < -0.4 is 0 Å². The predicted molar refractivity (Wildman–Crippen MR) is 57.8 cm³/mol. The summed E-state index contributed by atoms with van der Waals surface area (Å²) in [5.74, 6) is 0.390. The molecule has 0 aromatic heterocycles. The summed E-state index contributed by atoms with van der Waals surface area (Å²) < 4.78 is 25.9. The Labute approximate surface area is 88.7 Å². The first kappa shape index (κ1) is 13.8. The molecule has 4 nitrogen and oxygen atoms in total. The van der Waals surface area contributed by atoms with Gasteiger partial charge in [0, 0.05) is 18.4 Å². The smallest absolute Gasteiger partial charge is 0.305 e. The average molecular weight is 240 g/mol. The SMILES string of the molecule is COC(=O)CCCCCSS(C)(=O)=O. The zero-order valence-corrected chi connectivity index (χ0v) is 10.1. The maximum Gasteiger partial charge on any atom is 0.305 e. The molecule has 0 aliphatic heterocycles. The van der Waals surface area contributed by atoms with E-state index in [1.54, 1.807) is 0 Å². The Morgan fingerprint density at radius 1 is 1.29 bits per heavy atom. The van der Waals surface area contributed by atoms with Crippen molar-refractivity contribution >= 4 is 25.6 Å². The Bertz CT molecular complexity index is 259. The van der Waals surface area contributed by atoms with E-state index < -0.39 is 8.87 Å². The fraction of sp³-hybridized carbons (Fsp3) is 0.875. The number of hydrogen-bond donors (Lipinski definition) is 0. The Balaban J connectivity index is 3.27. The predicted octanol–water partition coefficient (Wildman–Crippen LogP) is 1.41. The van der Waals surface area contributed by atoms with Gasteiger partial charge in [0.1, 0.15) is 0 Å². The minimum atomic E-state index is -2.91. The molecule has 6 heteroatoms. The molecule has 0 bridgehead atoms. The van der Waals surface area contributed by atoms with E-state index in [0.717, 1.165) is 30.1 Å². The molecule has 0 aliphatic carbocycles. The minimum Gasteiger partial charge on any atom is -0.469 e. The van der Waals surface area contributed by atoms with Crippen LogP contribution in [0.25, 0.3) is 0 Å². The topological polar surface area (TPSA) is 60.4 Å². The zero-order chi connectivity index (χ0) is 11.0. The maximum atomic E-state index is 10.7. The summed E-state index contributed by atoms with van der Waals surface area (Å²) in [5.41, 5.74) is 0. The van der Waals surface area contributed by atoms with Crippen LogP contribution in [0, 0.1) is 0 Å². The number of unbranched alkanes of at least 4 members (excludes halogenated alkanes) is 2. The van der Waals surface area contributed by atoms with Crippen molar-refractivity contribution in [1.82, 2.24) is 0 Å². The normalized spacial score (nSPS) is 11.3. The van der Waals surface area contributed by atoms with Gasteiger partial charge in [-0.05, 0) is 23.6 Å². The van der Waals surface area contributed by atoms with E-state index in [9.17, 15) is 13.2 Å². The molecule has 0 saturated carbocycles. The molecule has 0 spiro atoms. The fourth-order valence-corrected chi connectivity index (χ4v) is 2.75. The third kappa shape index (κ3) is 9.85. The van der Waals surface area contributed by atoms with Gasteiger partial charge in [0.25, 0.3) is 0 Å². The van der Waals surface area contributed by atoms with Crippen LogP contribution in [0.15, 0.2) is 0 Å². The number of rotatable bonds is 7. The van der Waals surface area contributed by atoms with E-state index in [1.165, 1.54) is 13.4 Å². The van der Waals surface area contributed by atoms with E-state index in [2.05, 4.69) is 4.74 Å². The minimum absolute atomic E-state index is 0.208. The second-order valence-corrected chi connectivity index (χ2v) is 7.49. The Morgan fingerprint density at radius 2 is 1.93 bits per heavy atom. The quantitative estimate of drug-likeness (QED) is 0.382. The summed E-state index contributed by atoms with van der Waals surface area (Å²) in [6.07, 6.45) is 4.05. The van der Waals surface area contributed by atoms with Crippen molar-refractivity contribution in [2.24, 2.45) is 0 Å². The van der Waals surface area contributed by atoms with Crippen molar-refractivity contribution in [2.75, 3.05) is 19.1 Å². The van der Waals surface area contributed by atoms with Crippen molar-refractivity contribution < 1.29 is 17.9 Å². The number of carbonyl (C=O) groups excluding carboxylic acids is 1. The molecule has 0 heterocycles. The monoisotopic (exact) mass is 240 g/mol. The molecule has 14 heavy (non-hydrogen) atoms. The average Bonchev–Trinajstić information content (AvgIpc) is 2.08. The molecule has 0 fully saturated rings. The van der Waals surface area contributed by atoms with E-state index in [4.69, 9.17) is 0 Å². The number of methoxy groups -OCH3 is 1. The van der Waals surface area contributed by atoms with Crippen molar-refractivity contribution in [3.8, 4) is 0 Å². The van der Waals surface area contributed by atoms with Gasteiger partial charge in [0.15, 0.2) is 8.87 Å². The van der Waals surface area contributed by atoms with Crippen LogP contribution in [0.5, 0.6) is 0 Å². The number of carbonyl (C=O) groups is 1. The Hall–Kier alpha value is -0.230. The van der Waals surface area contributed by atoms with Gasteiger partial charge in [0.2, 0.25) is 0 Å². The van der Waals surface area contributed by atoms with Crippen LogP contribution in [0.4, 0.5) is 0 Å². The molecule has 0 N–H and O–H groups in total. The molecular formula is C8H16O4S2. The van der Waals surface area contributed by atoms with Gasteiger partial charge in [-0.1, -0.05) is 6.42 Å². The van der Waals surface area contributed by atoms with Gasteiger partial charge >= 0.3 is 5.97 Å². The first-order valence-electron chi connectivity index (χ1n) is 4.37. The van der Waals surface area contributed by atoms with Crippen molar-refractivity contribution in [2.45, 2.75) is 25.7 Å². The molecule has 0 amide bonds. The van der Waals surface area contributed by atoms with Gasteiger partial charge in [-0.2, -0.15) is 0 Å². The van der Waals surface area contributed by atoms with Crippen molar-refractivity contribution in [3.63, 3.8) is 0 Å². The Morgan fingerprint density at radius 3 is 2.43 bits per heavy atom. The molecule has 0 unspecified atom stereocenters. The molecule has 0 aromatic rings. The molecule has 0 radical (unpaired) electrons. The standard InChI is InChI=1S/C8H16O4S2/c1-12-8(9)6-4-3-5-7-13-14(2,10)11/h3-7H2,1-2H3. The molecule has 0 aromatic carbocycles. The fourth-order valence-electron chi connectivity index (χ4n) is 0.861. The van der Waals surface area contributed by atoms with Crippen molar-refractivity contribution in [3.05, 3.63) is 0 Å². The molecule has 0 rings (SSSR count). The summed E-state index contributed by atoms with van der Waals surface area (Å²) in [6, 6.07) is 0. The second-order valence-electron chi connectivity index (χ2n) is 2.91. The Kier molecular flexibility index (Phi) is 7.00. The molecule has 0 aliphatic rings. The van der Waals surface area contributed by atoms with Crippen LogP contribution in [-0.4, -0.2) is 33.5 Å². The highest BCUT2D eigenvalue weighted by Gasteiger charge is 2.03. The highest BCUT2D eigenvalue weighted by molar-refractivity contribution is 8.71. The highest BCUT2D eigenvalue weighted by Crippen LogP contribution is 2.13. The van der Waals surface area contributed by atoms with E-state index >= 15 is 0 Å². The van der Waals surface area contributed by atoms with Gasteiger partial charge < -0.3 is 4.74 Å². The lowest BCUT2D eigenvalue weighted by Crippen LogP contribution is -1.99. The second kappa shape index (κ2) is 7.11. The summed E-state index contributed by atoms with van der Waals surface area (Å²) in [4.78, 5) is 10.7. The summed E-state index contributed by atoms with van der Waals surface area (Å²) in [5, 5.41) is 0. The van der Waals surface area contributed by atoms with E-state index in [0.29, 0.717) is 12.2 Å². The van der Waals surface area contributed by atoms with Gasteiger partial charge in [0.05, 0.1) is 7.11 Å². The first-order chi connectivity index (χ1) is 6.45.